The Kier molecular flexibility index (Phi) is 5.25. The summed E-state index contributed by atoms with van der Waals surface area (Å²) in [6.07, 6.45) is 4.31. The van der Waals surface area contributed by atoms with Gasteiger partial charge in [0.05, 0.1) is 12.8 Å². The van der Waals surface area contributed by atoms with Gasteiger partial charge in [0, 0.05) is 13.5 Å². The molecule has 140 valence electrons. The van der Waals surface area contributed by atoms with E-state index in [-0.39, 0.29) is 5.91 Å². The Hall–Kier alpha value is -2.44. The highest BCUT2D eigenvalue weighted by molar-refractivity contribution is 5.76. The smallest absolute Gasteiger partial charge is 0.222 e. The van der Waals surface area contributed by atoms with E-state index in [1.165, 1.54) is 0 Å². The highest BCUT2D eigenvalue weighted by Crippen LogP contribution is 2.43. The fourth-order valence-corrected chi connectivity index (χ4v) is 3.80. The Bertz CT molecular complexity index is 748. The lowest BCUT2D eigenvalue weighted by Crippen LogP contribution is -2.50. The van der Waals surface area contributed by atoms with E-state index in [2.05, 4.69) is 22.4 Å². The molecule has 0 N–H and O–H groups in total. The van der Waals surface area contributed by atoms with Crippen molar-refractivity contribution in [3.63, 3.8) is 0 Å². The van der Waals surface area contributed by atoms with Gasteiger partial charge in [-0.1, -0.05) is 13.8 Å². The molecule has 0 saturated heterocycles. The summed E-state index contributed by atoms with van der Waals surface area (Å²) in [5, 5.41) is 12.5. The van der Waals surface area contributed by atoms with Crippen molar-refractivity contribution < 1.29 is 9.53 Å². The van der Waals surface area contributed by atoms with Crippen LogP contribution in [0.4, 0.5) is 0 Å². The maximum atomic E-state index is 12.6. The summed E-state index contributed by atoms with van der Waals surface area (Å²) in [5.41, 5.74) is 0.393. The number of carbonyl (C=O) groups is 1. The van der Waals surface area contributed by atoms with Gasteiger partial charge in [-0.15, -0.1) is 5.10 Å². The molecule has 1 saturated carbocycles. The molecule has 1 heterocycles. The molecule has 0 bridgehead atoms. The van der Waals surface area contributed by atoms with Crippen molar-refractivity contribution in [3.8, 4) is 11.4 Å². The van der Waals surface area contributed by atoms with Gasteiger partial charge in [-0.2, -0.15) is 4.68 Å². The molecule has 0 radical (unpaired) electrons. The normalized spacial score (nSPS) is 22.8. The third-order valence-electron chi connectivity index (χ3n) is 5.62. The number of hydrogen-bond donors (Lipinski definition) is 0. The number of aromatic nitrogens is 4. The summed E-state index contributed by atoms with van der Waals surface area (Å²) < 4.78 is 6.99. The zero-order valence-electron chi connectivity index (χ0n) is 16.0. The first-order valence-corrected chi connectivity index (χ1v) is 9.21. The molecule has 1 aromatic heterocycles. The molecule has 26 heavy (non-hydrogen) atoms. The maximum Gasteiger partial charge on any atom is 0.222 e. The largest absolute Gasteiger partial charge is 0.497 e. The van der Waals surface area contributed by atoms with E-state index < -0.39 is 5.54 Å². The average Bonchev–Trinajstić information content (AvgIpc) is 3.18. The lowest BCUT2D eigenvalue weighted by Gasteiger charge is -2.44. The third-order valence-corrected chi connectivity index (χ3v) is 5.62. The van der Waals surface area contributed by atoms with Gasteiger partial charge in [-0.25, -0.2) is 0 Å². The van der Waals surface area contributed by atoms with Crippen LogP contribution in [0.2, 0.25) is 0 Å². The van der Waals surface area contributed by atoms with Crippen LogP contribution in [0.5, 0.6) is 5.75 Å². The highest BCUT2D eigenvalue weighted by atomic mass is 16.5. The minimum Gasteiger partial charge on any atom is -0.497 e. The van der Waals surface area contributed by atoms with E-state index in [4.69, 9.17) is 4.74 Å². The van der Waals surface area contributed by atoms with Gasteiger partial charge in [-0.3, -0.25) is 4.79 Å². The Morgan fingerprint density at radius 1 is 1.31 bits per heavy atom. The van der Waals surface area contributed by atoms with Gasteiger partial charge in [0.2, 0.25) is 5.91 Å². The zero-order valence-corrected chi connectivity index (χ0v) is 16.0. The van der Waals surface area contributed by atoms with Crippen LogP contribution in [0.15, 0.2) is 24.3 Å². The number of tetrazole rings is 1. The van der Waals surface area contributed by atoms with Crippen molar-refractivity contribution in [2.75, 3.05) is 14.2 Å². The molecule has 7 heteroatoms. The molecule has 0 atom stereocenters. The molecule has 3 rings (SSSR count). The Labute approximate surface area is 154 Å². The van der Waals surface area contributed by atoms with Gasteiger partial charge in [-0.05, 0) is 66.3 Å². The Morgan fingerprint density at radius 3 is 2.54 bits per heavy atom. The number of methoxy groups -OCH3 is 1. The second kappa shape index (κ2) is 7.43. The van der Waals surface area contributed by atoms with Crippen LogP contribution in [0.3, 0.4) is 0 Å². The van der Waals surface area contributed by atoms with E-state index in [0.717, 1.165) is 42.9 Å². The number of hydrogen-bond acceptors (Lipinski definition) is 5. The number of benzene rings is 1. The third kappa shape index (κ3) is 3.18. The fraction of sp³-hybridized carbons (Fsp3) is 0.579. The molecule has 1 amide bonds. The van der Waals surface area contributed by atoms with E-state index in [1.807, 2.05) is 43.1 Å². The van der Waals surface area contributed by atoms with Gasteiger partial charge in [0.15, 0.2) is 5.82 Å². The van der Waals surface area contributed by atoms with E-state index in [9.17, 15) is 4.79 Å². The maximum absolute atomic E-state index is 12.6. The van der Waals surface area contributed by atoms with Crippen LogP contribution < -0.4 is 4.74 Å². The van der Waals surface area contributed by atoms with Crippen LogP contribution in [-0.4, -0.2) is 45.2 Å². The molecule has 1 aromatic carbocycles. The summed E-state index contributed by atoms with van der Waals surface area (Å²) >= 11 is 0. The molecule has 0 unspecified atom stereocenters. The summed E-state index contributed by atoms with van der Waals surface area (Å²) in [6, 6.07) is 7.63. The number of ether oxygens (including phenoxy) is 1. The fourth-order valence-electron chi connectivity index (χ4n) is 3.80. The molecule has 0 aliphatic heterocycles. The first-order valence-electron chi connectivity index (χ1n) is 9.21. The second-order valence-electron chi connectivity index (χ2n) is 7.13. The lowest BCUT2D eigenvalue weighted by molar-refractivity contribution is -0.138. The predicted octanol–water partition coefficient (Wildman–Crippen LogP) is 2.94. The molecule has 1 aliphatic carbocycles. The summed E-state index contributed by atoms with van der Waals surface area (Å²) in [5.74, 6) is 2.28. The predicted molar refractivity (Wildman–Crippen MR) is 98.1 cm³/mol. The topological polar surface area (TPSA) is 73.1 Å². The number of carbonyl (C=O) groups excluding carboxylic acids is 1. The summed E-state index contributed by atoms with van der Waals surface area (Å²) in [4.78, 5) is 14.4. The van der Waals surface area contributed by atoms with E-state index >= 15 is 0 Å². The van der Waals surface area contributed by atoms with Crippen LogP contribution >= 0.6 is 0 Å². The minimum atomic E-state index is -0.469. The number of nitrogens with zero attached hydrogens (tertiary/aromatic N) is 5. The van der Waals surface area contributed by atoms with Crippen molar-refractivity contribution in [1.82, 2.24) is 25.1 Å². The Morgan fingerprint density at radius 2 is 1.96 bits per heavy atom. The Balaban J connectivity index is 2.05. The molecule has 1 fully saturated rings. The van der Waals surface area contributed by atoms with Crippen molar-refractivity contribution in [3.05, 3.63) is 30.1 Å². The second-order valence-corrected chi connectivity index (χ2v) is 7.13. The molecular weight excluding hydrogens is 330 g/mol. The highest BCUT2D eigenvalue weighted by Gasteiger charge is 2.45. The van der Waals surface area contributed by atoms with Crippen LogP contribution in [-0.2, 0) is 10.3 Å². The zero-order chi connectivity index (χ0) is 18.7. The summed E-state index contributed by atoms with van der Waals surface area (Å²) in [6.45, 7) is 4.16. The monoisotopic (exact) mass is 357 g/mol. The average molecular weight is 357 g/mol. The SMILES string of the molecule is CCC(=O)N(C)C1(c2nnnn2-c2ccc(OC)cc2)CCC(C)CC1. The van der Waals surface area contributed by atoms with E-state index in [1.54, 1.807) is 11.8 Å². The van der Waals surface area contributed by atoms with Crippen molar-refractivity contribution in [2.45, 2.75) is 51.5 Å². The van der Waals surface area contributed by atoms with Gasteiger partial charge < -0.3 is 9.64 Å². The van der Waals surface area contributed by atoms with Crippen molar-refractivity contribution in [2.24, 2.45) is 5.92 Å². The van der Waals surface area contributed by atoms with Crippen molar-refractivity contribution >= 4 is 5.91 Å². The van der Waals surface area contributed by atoms with Gasteiger partial charge in [0.1, 0.15) is 11.3 Å². The van der Waals surface area contributed by atoms with Gasteiger partial charge in [0.25, 0.3) is 0 Å². The minimum absolute atomic E-state index is 0.115. The van der Waals surface area contributed by atoms with Crippen molar-refractivity contribution in [1.29, 1.82) is 0 Å². The van der Waals surface area contributed by atoms with Crippen LogP contribution in [0.25, 0.3) is 5.69 Å². The van der Waals surface area contributed by atoms with Crippen LogP contribution in [0.1, 0.15) is 51.8 Å². The first-order chi connectivity index (χ1) is 12.5. The first kappa shape index (κ1) is 18.4. The molecule has 1 aliphatic rings. The van der Waals surface area contributed by atoms with Gasteiger partial charge >= 0.3 is 0 Å². The van der Waals surface area contributed by atoms with Crippen LogP contribution in [0, 0.1) is 5.92 Å². The molecule has 0 spiro atoms. The molecular formula is C19H27N5O2. The standard InChI is InChI=1S/C19H27N5O2/c1-5-17(25)23(3)19(12-10-14(2)11-13-19)18-20-21-22-24(18)15-6-8-16(26-4)9-7-15/h6-9,14H,5,10-13H2,1-4H3. The number of amides is 1. The molecule has 7 nitrogen and oxygen atoms in total. The van der Waals surface area contributed by atoms with E-state index in [0.29, 0.717) is 12.3 Å². The quantitative estimate of drug-likeness (QED) is 0.822. The lowest BCUT2D eigenvalue weighted by atomic mass is 9.75. The molecule has 2 aromatic rings. The summed E-state index contributed by atoms with van der Waals surface area (Å²) in [7, 11) is 3.52. The number of rotatable bonds is 5.